The lowest BCUT2D eigenvalue weighted by molar-refractivity contribution is 0.284. The zero-order valence-corrected chi connectivity index (χ0v) is 10.5. The van der Waals surface area contributed by atoms with Crippen LogP contribution in [0.4, 0.5) is 0 Å². The molecule has 3 aromatic rings. The van der Waals surface area contributed by atoms with Crippen LogP contribution in [-0.4, -0.2) is 15.3 Å². The topological polar surface area (TPSA) is 60.7 Å². The number of hydrogen-bond donors (Lipinski definition) is 3. The number of benzene rings is 3. The van der Waals surface area contributed by atoms with Gasteiger partial charge in [0.15, 0.2) is 11.5 Å². The average molecular weight is 254 g/mol. The van der Waals surface area contributed by atoms with Crippen LogP contribution in [0.2, 0.25) is 0 Å². The minimum atomic E-state index is -0.186. The van der Waals surface area contributed by atoms with Gasteiger partial charge in [-0.05, 0) is 40.3 Å². The summed E-state index contributed by atoms with van der Waals surface area (Å²) >= 11 is 0. The van der Waals surface area contributed by atoms with Crippen molar-refractivity contribution in [1.82, 2.24) is 0 Å². The van der Waals surface area contributed by atoms with Crippen LogP contribution < -0.4 is 0 Å². The van der Waals surface area contributed by atoms with Crippen LogP contribution in [0.3, 0.4) is 0 Å². The number of aromatic hydroxyl groups is 2. The maximum Gasteiger partial charge on any atom is 0.165 e. The summed E-state index contributed by atoms with van der Waals surface area (Å²) in [7, 11) is 0. The van der Waals surface area contributed by atoms with Crippen LogP contribution in [0, 0.1) is 6.92 Å². The number of fused-ring (bicyclic) bond motifs is 2. The number of aliphatic hydroxyl groups excluding tert-OH is 1. The van der Waals surface area contributed by atoms with Crippen molar-refractivity contribution in [1.29, 1.82) is 0 Å². The first-order valence-corrected chi connectivity index (χ1v) is 6.11. The van der Waals surface area contributed by atoms with Gasteiger partial charge in [0, 0.05) is 5.39 Å². The predicted molar refractivity (Wildman–Crippen MR) is 75.4 cm³/mol. The van der Waals surface area contributed by atoms with Gasteiger partial charge in [0.05, 0.1) is 6.61 Å². The van der Waals surface area contributed by atoms with E-state index >= 15 is 0 Å². The molecule has 3 nitrogen and oxygen atoms in total. The Morgan fingerprint density at radius 1 is 0.895 bits per heavy atom. The Morgan fingerprint density at radius 3 is 2.26 bits per heavy atom. The second-order valence-electron chi connectivity index (χ2n) is 4.66. The van der Waals surface area contributed by atoms with E-state index in [1.165, 1.54) is 6.07 Å². The summed E-state index contributed by atoms with van der Waals surface area (Å²) in [6.07, 6.45) is 0. The molecule has 96 valence electrons. The van der Waals surface area contributed by atoms with Crippen molar-refractivity contribution in [2.24, 2.45) is 0 Å². The van der Waals surface area contributed by atoms with Crippen molar-refractivity contribution in [3.63, 3.8) is 0 Å². The van der Waals surface area contributed by atoms with Gasteiger partial charge in [-0.3, -0.25) is 0 Å². The summed E-state index contributed by atoms with van der Waals surface area (Å²) in [4.78, 5) is 0. The summed E-state index contributed by atoms with van der Waals surface area (Å²) in [5, 5.41) is 32.7. The van der Waals surface area contributed by atoms with Crippen LogP contribution >= 0.6 is 0 Å². The smallest absolute Gasteiger partial charge is 0.165 e. The van der Waals surface area contributed by atoms with E-state index in [0.717, 1.165) is 21.7 Å². The van der Waals surface area contributed by atoms with E-state index in [9.17, 15) is 15.3 Å². The minimum absolute atomic E-state index is 0.170. The van der Waals surface area contributed by atoms with Crippen LogP contribution in [0.1, 0.15) is 11.1 Å². The Hall–Kier alpha value is -2.26. The Labute approximate surface area is 110 Å². The molecule has 0 bridgehead atoms. The maximum absolute atomic E-state index is 10.1. The summed E-state index contributed by atoms with van der Waals surface area (Å²) in [5.41, 5.74) is 1.67. The van der Waals surface area contributed by atoms with Gasteiger partial charge >= 0.3 is 0 Å². The first-order chi connectivity index (χ1) is 9.15. The molecular weight excluding hydrogens is 240 g/mol. The number of phenols is 2. The molecule has 0 radical (unpaired) electrons. The maximum atomic E-state index is 10.1. The molecule has 19 heavy (non-hydrogen) atoms. The normalized spacial score (nSPS) is 11.3. The predicted octanol–water partition coefficient (Wildman–Crippen LogP) is 3.20. The van der Waals surface area contributed by atoms with Crippen molar-refractivity contribution in [2.45, 2.75) is 13.5 Å². The molecule has 3 N–H and O–H groups in total. The van der Waals surface area contributed by atoms with Gasteiger partial charge in [0.25, 0.3) is 0 Å². The second-order valence-corrected chi connectivity index (χ2v) is 4.66. The quantitative estimate of drug-likeness (QED) is 0.461. The Balaban J connectivity index is 2.66. The van der Waals surface area contributed by atoms with Crippen molar-refractivity contribution in [2.75, 3.05) is 0 Å². The van der Waals surface area contributed by atoms with Crippen LogP contribution in [0.5, 0.6) is 11.5 Å². The summed E-state index contributed by atoms with van der Waals surface area (Å²) in [6.45, 7) is 1.79. The fourth-order valence-electron chi connectivity index (χ4n) is 2.72. The van der Waals surface area contributed by atoms with Gasteiger partial charge < -0.3 is 15.3 Å². The molecule has 0 aromatic heterocycles. The molecule has 0 saturated carbocycles. The number of hydrogen-bond acceptors (Lipinski definition) is 3. The third-order valence-electron chi connectivity index (χ3n) is 3.68. The molecule has 3 aromatic carbocycles. The monoisotopic (exact) mass is 254 g/mol. The molecule has 0 unspecified atom stereocenters. The number of aryl methyl sites for hydroxylation is 1. The molecule has 3 rings (SSSR count). The van der Waals surface area contributed by atoms with Gasteiger partial charge in [-0.1, -0.05) is 30.3 Å². The van der Waals surface area contributed by atoms with Crippen molar-refractivity contribution < 1.29 is 15.3 Å². The van der Waals surface area contributed by atoms with Gasteiger partial charge in [-0.15, -0.1) is 0 Å². The van der Waals surface area contributed by atoms with Gasteiger partial charge in [-0.25, -0.2) is 0 Å². The summed E-state index contributed by atoms with van der Waals surface area (Å²) in [5.74, 6) is -0.340. The van der Waals surface area contributed by atoms with Crippen LogP contribution in [-0.2, 0) is 6.61 Å². The highest BCUT2D eigenvalue weighted by molar-refractivity contribution is 6.08. The molecule has 0 aliphatic heterocycles. The van der Waals surface area contributed by atoms with E-state index in [1.807, 2.05) is 31.2 Å². The average Bonchev–Trinajstić information content (AvgIpc) is 2.44. The van der Waals surface area contributed by atoms with Crippen molar-refractivity contribution in [3.8, 4) is 11.5 Å². The van der Waals surface area contributed by atoms with Crippen molar-refractivity contribution >= 4 is 21.5 Å². The zero-order valence-electron chi connectivity index (χ0n) is 10.5. The third-order valence-corrected chi connectivity index (χ3v) is 3.68. The van der Waals surface area contributed by atoms with E-state index in [0.29, 0.717) is 10.9 Å². The Bertz CT molecular complexity index is 791. The summed E-state index contributed by atoms with van der Waals surface area (Å²) < 4.78 is 0. The molecule has 3 heteroatoms. The lowest BCUT2D eigenvalue weighted by atomic mass is 9.92. The Kier molecular flexibility index (Phi) is 2.57. The highest BCUT2D eigenvalue weighted by atomic mass is 16.3. The van der Waals surface area contributed by atoms with Gasteiger partial charge in [0.2, 0.25) is 0 Å². The van der Waals surface area contributed by atoms with E-state index < -0.39 is 0 Å². The number of phenolic OH excluding ortho intramolecular Hbond substituents is 2. The third kappa shape index (κ3) is 1.55. The molecule has 0 amide bonds. The molecular formula is C16H14O3. The fourth-order valence-corrected chi connectivity index (χ4v) is 2.72. The van der Waals surface area contributed by atoms with Crippen LogP contribution in [0.15, 0.2) is 36.4 Å². The van der Waals surface area contributed by atoms with Gasteiger partial charge in [-0.2, -0.15) is 0 Å². The molecule has 0 aliphatic rings. The first kappa shape index (κ1) is 11.8. The van der Waals surface area contributed by atoms with E-state index in [-0.39, 0.29) is 18.1 Å². The SMILES string of the molecule is Cc1c2ccccc2c(CO)c2c(O)c(O)ccc12. The minimum Gasteiger partial charge on any atom is -0.504 e. The van der Waals surface area contributed by atoms with Crippen molar-refractivity contribution in [3.05, 3.63) is 47.5 Å². The molecule has 0 heterocycles. The lowest BCUT2D eigenvalue weighted by Gasteiger charge is -2.14. The Morgan fingerprint density at radius 2 is 1.58 bits per heavy atom. The van der Waals surface area contributed by atoms with E-state index in [4.69, 9.17) is 0 Å². The molecule has 0 aliphatic carbocycles. The number of rotatable bonds is 1. The second kappa shape index (κ2) is 4.14. The molecule has 0 spiro atoms. The zero-order chi connectivity index (χ0) is 13.6. The first-order valence-electron chi connectivity index (χ1n) is 6.11. The highest BCUT2D eigenvalue weighted by Crippen LogP contribution is 2.41. The van der Waals surface area contributed by atoms with Crippen LogP contribution in [0.25, 0.3) is 21.5 Å². The molecule has 0 saturated heterocycles. The lowest BCUT2D eigenvalue weighted by Crippen LogP contribution is -1.93. The fraction of sp³-hybridized carbons (Fsp3) is 0.125. The van der Waals surface area contributed by atoms with Gasteiger partial charge in [0.1, 0.15) is 0 Å². The molecule has 0 atom stereocenters. The van der Waals surface area contributed by atoms with E-state index in [2.05, 4.69) is 0 Å². The number of aliphatic hydroxyl groups is 1. The molecule has 0 fully saturated rings. The highest BCUT2D eigenvalue weighted by Gasteiger charge is 2.15. The standard InChI is InChI=1S/C16H14O3/c1-9-10-4-2-3-5-12(10)13(8-17)15-11(9)6-7-14(18)16(15)19/h2-7,17-19H,8H2,1H3. The largest absolute Gasteiger partial charge is 0.504 e. The summed E-state index contributed by atoms with van der Waals surface area (Å²) in [6, 6.07) is 11.0. The van der Waals surface area contributed by atoms with E-state index in [1.54, 1.807) is 6.07 Å².